The number of likely N-dealkylation sites (tertiary alicyclic amines) is 1. The lowest BCUT2D eigenvalue weighted by Gasteiger charge is -2.37. The molecular formula is C24H33N5O3. The summed E-state index contributed by atoms with van der Waals surface area (Å²) in [4.78, 5) is 36.4. The molecule has 2 aliphatic heterocycles. The summed E-state index contributed by atoms with van der Waals surface area (Å²) >= 11 is 0. The van der Waals surface area contributed by atoms with E-state index in [9.17, 15) is 9.59 Å². The Morgan fingerprint density at radius 2 is 2.00 bits per heavy atom. The lowest BCUT2D eigenvalue weighted by molar-refractivity contribution is 0.0958. The summed E-state index contributed by atoms with van der Waals surface area (Å²) in [6.45, 7) is 4.61. The highest BCUT2D eigenvalue weighted by Gasteiger charge is 2.32. The van der Waals surface area contributed by atoms with E-state index in [4.69, 9.17) is 4.74 Å². The Labute approximate surface area is 189 Å². The molecule has 1 amide bonds. The van der Waals surface area contributed by atoms with Crippen molar-refractivity contribution in [1.82, 2.24) is 20.2 Å². The monoisotopic (exact) mass is 439 g/mol. The molecule has 0 bridgehead atoms. The lowest BCUT2D eigenvalue weighted by atomic mass is 10.0. The zero-order chi connectivity index (χ0) is 22.5. The Hall–Kier alpha value is -2.71. The van der Waals surface area contributed by atoms with Gasteiger partial charge in [0.1, 0.15) is 5.69 Å². The molecule has 0 spiro atoms. The fraction of sp³-hybridized carbons (Fsp3) is 0.542. The molecule has 2 fully saturated rings. The van der Waals surface area contributed by atoms with Crippen molar-refractivity contribution < 1.29 is 9.53 Å². The molecule has 32 heavy (non-hydrogen) atoms. The minimum Gasteiger partial charge on any atom is -0.384 e. The minimum absolute atomic E-state index is 0.0161. The fourth-order valence-corrected chi connectivity index (χ4v) is 4.86. The second kappa shape index (κ2) is 10.3. The van der Waals surface area contributed by atoms with Crippen LogP contribution in [0.1, 0.15) is 46.9 Å². The van der Waals surface area contributed by atoms with Gasteiger partial charge in [0.05, 0.1) is 18.5 Å². The number of methoxy groups -OCH3 is 1. The molecule has 2 aliphatic rings. The summed E-state index contributed by atoms with van der Waals surface area (Å²) < 4.78 is 5.08. The van der Waals surface area contributed by atoms with Gasteiger partial charge in [-0.3, -0.25) is 14.5 Å². The number of aromatic nitrogens is 2. The van der Waals surface area contributed by atoms with E-state index < -0.39 is 0 Å². The van der Waals surface area contributed by atoms with E-state index in [2.05, 4.69) is 31.2 Å². The Morgan fingerprint density at radius 1 is 1.19 bits per heavy atom. The molecule has 0 saturated carbocycles. The molecule has 4 heterocycles. The van der Waals surface area contributed by atoms with Crippen molar-refractivity contribution in [3.05, 3.63) is 57.8 Å². The van der Waals surface area contributed by atoms with E-state index in [1.165, 1.54) is 0 Å². The summed E-state index contributed by atoms with van der Waals surface area (Å²) in [5.41, 5.74) is 3.37. The molecule has 1 unspecified atom stereocenters. The van der Waals surface area contributed by atoms with Crippen molar-refractivity contribution in [3.63, 3.8) is 0 Å². The molecule has 2 N–H and O–H groups in total. The fourth-order valence-electron chi connectivity index (χ4n) is 4.86. The van der Waals surface area contributed by atoms with Crippen LogP contribution in [-0.2, 0) is 11.2 Å². The molecule has 2 aromatic rings. The van der Waals surface area contributed by atoms with Crippen LogP contribution in [0.5, 0.6) is 0 Å². The standard InChI is InChI=1S/C24H33N5O3/c1-25-24(31)22-6-4-20(15-26-22)28-12-8-19(9-13-28)29-11-7-18(16-29)21-5-3-17(10-14-32-2)23(30)27-21/h3-6,15,18-19H,7-14,16H2,1-2H3,(H,25,31)(H,27,30). The number of carbonyl (C=O) groups excluding carboxylic acids is 1. The van der Waals surface area contributed by atoms with E-state index in [1.54, 1.807) is 26.4 Å². The van der Waals surface area contributed by atoms with Gasteiger partial charge in [0.25, 0.3) is 11.5 Å². The Balaban J connectivity index is 1.30. The van der Waals surface area contributed by atoms with Gasteiger partial charge in [-0.05, 0) is 44.0 Å². The number of hydrogen-bond acceptors (Lipinski definition) is 6. The number of piperidine rings is 1. The molecule has 8 nitrogen and oxygen atoms in total. The second-order valence-electron chi connectivity index (χ2n) is 8.69. The molecular weight excluding hydrogens is 406 g/mol. The number of nitrogens with one attached hydrogen (secondary N) is 2. The number of anilines is 1. The first-order valence-electron chi connectivity index (χ1n) is 11.5. The van der Waals surface area contributed by atoms with E-state index in [-0.39, 0.29) is 11.5 Å². The van der Waals surface area contributed by atoms with Crippen LogP contribution in [0.25, 0.3) is 0 Å². The third-order valence-corrected chi connectivity index (χ3v) is 6.80. The predicted octanol–water partition coefficient (Wildman–Crippen LogP) is 1.78. The molecule has 4 rings (SSSR count). The Bertz CT molecular complexity index is 966. The number of hydrogen-bond donors (Lipinski definition) is 2. The maximum atomic E-state index is 12.4. The van der Waals surface area contributed by atoms with Crippen molar-refractivity contribution in [2.45, 2.75) is 37.6 Å². The van der Waals surface area contributed by atoms with Crippen LogP contribution in [0.2, 0.25) is 0 Å². The molecule has 2 saturated heterocycles. The number of nitrogens with zero attached hydrogens (tertiary/aromatic N) is 3. The third-order valence-electron chi connectivity index (χ3n) is 6.80. The average molecular weight is 440 g/mol. The van der Waals surface area contributed by atoms with E-state index >= 15 is 0 Å². The van der Waals surface area contributed by atoms with E-state index in [0.717, 1.165) is 62.4 Å². The van der Waals surface area contributed by atoms with Gasteiger partial charge in [0, 0.05) is 63.4 Å². The number of H-pyrrole nitrogens is 1. The third kappa shape index (κ3) is 5.02. The zero-order valence-corrected chi connectivity index (χ0v) is 19.0. The first-order chi connectivity index (χ1) is 15.6. The first-order valence-corrected chi connectivity index (χ1v) is 11.5. The largest absolute Gasteiger partial charge is 0.384 e. The molecule has 0 aliphatic carbocycles. The van der Waals surface area contributed by atoms with Crippen molar-refractivity contribution in [2.75, 3.05) is 51.8 Å². The smallest absolute Gasteiger partial charge is 0.269 e. The van der Waals surface area contributed by atoms with Crippen LogP contribution in [0.3, 0.4) is 0 Å². The van der Waals surface area contributed by atoms with Crippen LogP contribution >= 0.6 is 0 Å². The maximum Gasteiger partial charge on any atom is 0.269 e. The first kappa shape index (κ1) is 22.5. The Kier molecular flexibility index (Phi) is 7.22. The van der Waals surface area contributed by atoms with E-state index in [1.807, 2.05) is 12.1 Å². The Morgan fingerprint density at radius 3 is 2.66 bits per heavy atom. The van der Waals surface area contributed by atoms with Gasteiger partial charge in [0.15, 0.2) is 0 Å². The number of amides is 1. The van der Waals surface area contributed by atoms with Gasteiger partial charge in [0.2, 0.25) is 0 Å². The predicted molar refractivity (Wildman–Crippen MR) is 124 cm³/mol. The SMILES string of the molecule is CNC(=O)c1ccc(N2CCC(N3CCC(c4ccc(CCOC)c(=O)[nH]4)C3)CC2)cn1. The van der Waals surface area contributed by atoms with Gasteiger partial charge in [-0.25, -0.2) is 4.98 Å². The molecule has 172 valence electrons. The number of pyridine rings is 2. The van der Waals surface area contributed by atoms with Gasteiger partial charge in [-0.15, -0.1) is 0 Å². The summed E-state index contributed by atoms with van der Waals surface area (Å²) in [6, 6.07) is 8.38. The number of aromatic amines is 1. The number of rotatable bonds is 7. The van der Waals surface area contributed by atoms with Crippen molar-refractivity contribution in [3.8, 4) is 0 Å². The van der Waals surface area contributed by atoms with Crippen molar-refractivity contribution >= 4 is 11.6 Å². The summed E-state index contributed by atoms with van der Waals surface area (Å²) in [6.07, 6.45) is 5.74. The molecule has 0 radical (unpaired) electrons. The highest BCUT2D eigenvalue weighted by Crippen LogP contribution is 2.30. The molecule has 8 heteroatoms. The quantitative estimate of drug-likeness (QED) is 0.684. The zero-order valence-electron chi connectivity index (χ0n) is 19.0. The number of carbonyl (C=O) groups is 1. The molecule has 2 aromatic heterocycles. The van der Waals surface area contributed by atoms with Crippen LogP contribution in [0, 0.1) is 0 Å². The highest BCUT2D eigenvalue weighted by atomic mass is 16.5. The van der Waals surface area contributed by atoms with Gasteiger partial charge >= 0.3 is 0 Å². The summed E-state index contributed by atoms with van der Waals surface area (Å²) in [5.74, 6) is 0.225. The van der Waals surface area contributed by atoms with Crippen LogP contribution in [0.4, 0.5) is 5.69 Å². The van der Waals surface area contributed by atoms with Crippen molar-refractivity contribution in [1.29, 1.82) is 0 Å². The van der Waals surface area contributed by atoms with Gasteiger partial charge in [-0.2, -0.15) is 0 Å². The topological polar surface area (TPSA) is 90.6 Å². The normalized spacial score (nSPS) is 19.9. The summed E-state index contributed by atoms with van der Waals surface area (Å²) in [5, 5.41) is 2.60. The van der Waals surface area contributed by atoms with Crippen LogP contribution in [-0.4, -0.2) is 73.8 Å². The number of ether oxygens (including phenoxy) is 1. The van der Waals surface area contributed by atoms with Gasteiger partial charge < -0.3 is 19.9 Å². The molecule has 1 atom stereocenters. The maximum absolute atomic E-state index is 12.4. The average Bonchev–Trinajstić information content (AvgIpc) is 3.33. The molecule has 0 aromatic carbocycles. The van der Waals surface area contributed by atoms with Crippen LogP contribution < -0.4 is 15.8 Å². The van der Waals surface area contributed by atoms with Crippen molar-refractivity contribution in [2.24, 2.45) is 0 Å². The van der Waals surface area contributed by atoms with Crippen LogP contribution in [0.15, 0.2) is 35.3 Å². The van der Waals surface area contributed by atoms with Gasteiger partial charge in [-0.1, -0.05) is 6.07 Å². The second-order valence-corrected chi connectivity index (χ2v) is 8.69. The van der Waals surface area contributed by atoms with E-state index in [0.29, 0.717) is 30.7 Å². The summed E-state index contributed by atoms with van der Waals surface area (Å²) in [7, 11) is 3.27. The lowest BCUT2D eigenvalue weighted by Crippen LogP contribution is -2.44. The minimum atomic E-state index is -0.162. The highest BCUT2D eigenvalue weighted by molar-refractivity contribution is 5.92.